The Morgan fingerprint density at radius 3 is 2.33 bits per heavy atom. The lowest BCUT2D eigenvalue weighted by Gasteiger charge is -2.03. The van der Waals surface area contributed by atoms with Crippen LogP contribution in [0.4, 0.5) is 17.1 Å². The van der Waals surface area contributed by atoms with Crippen LogP contribution in [-0.4, -0.2) is 11.0 Å². The first-order chi connectivity index (χ1) is 9.54. The predicted molar refractivity (Wildman–Crippen MR) is 88.3 cm³/mol. The number of aromatic hydroxyl groups is 1. The molecule has 0 aromatic heterocycles. The monoisotopic (exact) mass is 305 g/mol. The molecule has 2 aromatic rings. The van der Waals surface area contributed by atoms with Crippen LogP contribution >= 0.6 is 12.4 Å². The largest absolute Gasteiger partial charge is 0.507 e. The standard InChI is InChI=1S/C15H15N3O2.ClH/c16-11-2-5-13(6-3-11)18-15(20)8-1-10-9-12(17)4-7-14(10)19;/h1-9,19H,16-17H2,(H,18,20);1H/b8-1+;. The lowest BCUT2D eigenvalue weighted by Crippen LogP contribution is -2.07. The lowest BCUT2D eigenvalue weighted by molar-refractivity contribution is -0.111. The number of hydrogen-bond acceptors (Lipinski definition) is 4. The van der Waals surface area contributed by atoms with Crippen molar-refractivity contribution in [2.75, 3.05) is 16.8 Å². The maximum Gasteiger partial charge on any atom is 0.248 e. The van der Waals surface area contributed by atoms with Crippen molar-refractivity contribution in [3.63, 3.8) is 0 Å². The van der Waals surface area contributed by atoms with Gasteiger partial charge in [0.1, 0.15) is 5.75 Å². The maximum atomic E-state index is 11.7. The van der Waals surface area contributed by atoms with Gasteiger partial charge in [0.05, 0.1) is 0 Å². The first-order valence-corrected chi connectivity index (χ1v) is 5.98. The van der Waals surface area contributed by atoms with Gasteiger partial charge in [0.2, 0.25) is 5.91 Å². The highest BCUT2D eigenvalue weighted by Gasteiger charge is 2.00. The number of rotatable bonds is 3. The van der Waals surface area contributed by atoms with Crippen molar-refractivity contribution in [1.29, 1.82) is 0 Å². The molecule has 0 saturated heterocycles. The molecular weight excluding hydrogens is 290 g/mol. The Bertz CT molecular complexity index is 654. The second kappa shape index (κ2) is 7.21. The van der Waals surface area contributed by atoms with Gasteiger partial charge in [-0.3, -0.25) is 4.79 Å². The van der Waals surface area contributed by atoms with Gasteiger partial charge in [-0.15, -0.1) is 12.4 Å². The molecule has 110 valence electrons. The molecule has 21 heavy (non-hydrogen) atoms. The van der Waals surface area contributed by atoms with Crippen LogP contribution in [0.25, 0.3) is 6.08 Å². The van der Waals surface area contributed by atoms with Crippen LogP contribution in [0.5, 0.6) is 5.75 Å². The fourth-order valence-electron chi connectivity index (χ4n) is 1.62. The number of phenols is 1. The van der Waals surface area contributed by atoms with E-state index in [0.717, 1.165) is 0 Å². The van der Waals surface area contributed by atoms with Crippen LogP contribution in [0, 0.1) is 0 Å². The highest BCUT2D eigenvalue weighted by molar-refractivity contribution is 6.02. The van der Waals surface area contributed by atoms with Gasteiger partial charge < -0.3 is 21.9 Å². The number of carbonyl (C=O) groups is 1. The summed E-state index contributed by atoms with van der Waals surface area (Å²) in [4.78, 5) is 11.7. The summed E-state index contributed by atoms with van der Waals surface area (Å²) in [6.07, 6.45) is 2.82. The number of nitrogens with one attached hydrogen (secondary N) is 1. The molecular formula is C15H16ClN3O2. The zero-order valence-electron chi connectivity index (χ0n) is 11.1. The molecule has 2 aromatic carbocycles. The van der Waals surface area contributed by atoms with E-state index in [9.17, 15) is 9.90 Å². The van der Waals surface area contributed by atoms with Gasteiger partial charge >= 0.3 is 0 Å². The Balaban J connectivity index is 0.00000220. The third-order valence-electron chi connectivity index (χ3n) is 2.64. The summed E-state index contributed by atoms with van der Waals surface area (Å²) in [6.45, 7) is 0. The summed E-state index contributed by atoms with van der Waals surface area (Å²) in [7, 11) is 0. The number of anilines is 3. The van der Waals surface area contributed by atoms with Crippen molar-refractivity contribution in [1.82, 2.24) is 0 Å². The molecule has 0 atom stereocenters. The van der Waals surface area contributed by atoms with Crippen molar-refractivity contribution in [2.45, 2.75) is 0 Å². The van der Waals surface area contributed by atoms with Crippen LogP contribution in [0.2, 0.25) is 0 Å². The Labute approximate surface area is 128 Å². The second-order valence-electron chi connectivity index (χ2n) is 4.26. The number of nitrogen functional groups attached to an aromatic ring is 2. The van der Waals surface area contributed by atoms with E-state index in [-0.39, 0.29) is 24.1 Å². The number of amides is 1. The first-order valence-electron chi connectivity index (χ1n) is 5.98. The lowest BCUT2D eigenvalue weighted by atomic mass is 10.1. The molecule has 1 amide bonds. The fraction of sp³-hybridized carbons (Fsp3) is 0. The summed E-state index contributed by atoms with van der Waals surface area (Å²) in [5, 5.41) is 12.3. The molecule has 0 unspecified atom stereocenters. The van der Waals surface area contributed by atoms with Gasteiger partial charge in [0.15, 0.2) is 0 Å². The van der Waals surface area contributed by atoms with Gasteiger partial charge in [-0.1, -0.05) is 0 Å². The van der Waals surface area contributed by atoms with E-state index in [4.69, 9.17) is 11.5 Å². The Hall–Kier alpha value is -2.66. The van der Waals surface area contributed by atoms with E-state index < -0.39 is 0 Å². The van der Waals surface area contributed by atoms with Crippen molar-refractivity contribution in [2.24, 2.45) is 0 Å². The number of nitrogens with two attached hydrogens (primary N) is 2. The van der Waals surface area contributed by atoms with Crippen LogP contribution in [-0.2, 0) is 4.79 Å². The molecule has 0 aliphatic carbocycles. The quantitative estimate of drug-likeness (QED) is 0.398. The fourth-order valence-corrected chi connectivity index (χ4v) is 1.62. The molecule has 0 bridgehead atoms. The molecule has 6 N–H and O–H groups in total. The topological polar surface area (TPSA) is 101 Å². The summed E-state index contributed by atoms with van der Waals surface area (Å²) >= 11 is 0. The number of benzene rings is 2. The Morgan fingerprint density at radius 2 is 1.67 bits per heavy atom. The second-order valence-corrected chi connectivity index (χ2v) is 4.26. The number of phenolic OH excluding ortho intramolecular Hbond substituents is 1. The van der Waals surface area contributed by atoms with Crippen molar-refractivity contribution >= 4 is 41.5 Å². The highest BCUT2D eigenvalue weighted by Crippen LogP contribution is 2.21. The van der Waals surface area contributed by atoms with Gasteiger partial charge in [-0.25, -0.2) is 0 Å². The molecule has 0 saturated carbocycles. The predicted octanol–water partition coefficient (Wildman–Crippen LogP) is 2.63. The summed E-state index contributed by atoms with van der Waals surface area (Å²) in [5.74, 6) is -0.243. The average molecular weight is 306 g/mol. The van der Waals surface area contributed by atoms with Crippen LogP contribution in [0.1, 0.15) is 5.56 Å². The number of carbonyl (C=O) groups excluding carboxylic acids is 1. The average Bonchev–Trinajstić information content (AvgIpc) is 2.42. The van der Waals surface area contributed by atoms with Crippen LogP contribution < -0.4 is 16.8 Å². The molecule has 0 fully saturated rings. The number of hydrogen-bond donors (Lipinski definition) is 4. The van der Waals surface area contributed by atoms with Crippen molar-refractivity contribution in [3.05, 3.63) is 54.1 Å². The summed E-state index contributed by atoms with van der Waals surface area (Å²) in [5.41, 5.74) is 13.4. The summed E-state index contributed by atoms with van der Waals surface area (Å²) in [6, 6.07) is 11.5. The Kier molecular flexibility index (Phi) is 5.63. The van der Waals surface area contributed by atoms with Gasteiger partial charge in [-0.2, -0.15) is 0 Å². The third kappa shape index (κ3) is 4.74. The SMILES string of the molecule is Cl.Nc1ccc(NC(=O)/C=C/c2cc(N)ccc2O)cc1. The van der Waals surface area contributed by atoms with E-state index in [1.165, 1.54) is 18.2 Å². The molecule has 0 radical (unpaired) electrons. The molecule has 6 heteroatoms. The van der Waals surface area contributed by atoms with E-state index >= 15 is 0 Å². The van der Waals surface area contributed by atoms with E-state index in [0.29, 0.717) is 22.6 Å². The molecule has 0 aliphatic rings. The van der Waals surface area contributed by atoms with E-state index in [1.54, 1.807) is 36.4 Å². The zero-order chi connectivity index (χ0) is 14.5. The van der Waals surface area contributed by atoms with Gasteiger partial charge in [-0.05, 0) is 48.5 Å². The normalized spacial score (nSPS) is 10.1. The Morgan fingerprint density at radius 1 is 1.05 bits per heavy atom. The van der Waals surface area contributed by atoms with E-state index in [2.05, 4.69) is 5.32 Å². The smallest absolute Gasteiger partial charge is 0.248 e. The summed E-state index contributed by atoms with van der Waals surface area (Å²) < 4.78 is 0. The van der Waals surface area contributed by atoms with Gasteiger partial charge in [0, 0.05) is 28.7 Å². The first kappa shape index (κ1) is 16.4. The third-order valence-corrected chi connectivity index (χ3v) is 2.64. The zero-order valence-corrected chi connectivity index (χ0v) is 11.9. The maximum absolute atomic E-state index is 11.7. The number of halogens is 1. The molecule has 0 heterocycles. The molecule has 0 aliphatic heterocycles. The molecule has 5 nitrogen and oxygen atoms in total. The van der Waals surface area contributed by atoms with Crippen LogP contribution in [0.15, 0.2) is 48.5 Å². The van der Waals surface area contributed by atoms with E-state index in [1.807, 2.05) is 0 Å². The minimum Gasteiger partial charge on any atom is -0.507 e. The van der Waals surface area contributed by atoms with Gasteiger partial charge in [0.25, 0.3) is 0 Å². The van der Waals surface area contributed by atoms with Crippen LogP contribution in [0.3, 0.4) is 0 Å². The van der Waals surface area contributed by atoms with Crippen molar-refractivity contribution < 1.29 is 9.90 Å². The minimum atomic E-state index is -0.309. The molecule has 0 spiro atoms. The highest BCUT2D eigenvalue weighted by atomic mass is 35.5. The van der Waals surface area contributed by atoms with Crippen molar-refractivity contribution in [3.8, 4) is 5.75 Å². The minimum absolute atomic E-state index is 0. The molecule has 2 rings (SSSR count).